The molecule has 0 amide bonds. The van der Waals surface area contributed by atoms with Crippen molar-refractivity contribution in [3.63, 3.8) is 0 Å². The molecule has 0 spiro atoms. The lowest BCUT2D eigenvalue weighted by molar-refractivity contribution is 0.122. The first-order valence-electron chi connectivity index (χ1n) is 8.50. The van der Waals surface area contributed by atoms with Gasteiger partial charge in [0.1, 0.15) is 23.3 Å². The molecule has 4 rings (SSSR count). The summed E-state index contributed by atoms with van der Waals surface area (Å²) in [6, 6.07) is 7.92. The van der Waals surface area contributed by atoms with Gasteiger partial charge in [-0.3, -0.25) is 0 Å². The van der Waals surface area contributed by atoms with E-state index < -0.39 is 0 Å². The number of morpholine rings is 1. The highest BCUT2D eigenvalue weighted by Crippen LogP contribution is 2.25. The van der Waals surface area contributed by atoms with E-state index in [1.165, 1.54) is 18.3 Å². The fraction of sp³-hybridized carbons (Fsp3) is 0.222. The van der Waals surface area contributed by atoms with Gasteiger partial charge >= 0.3 is 0 Å². The molecule has 8 nitrogen and oxygen atoms in total. The van der Waals surface area contributed by atoms with Gasteiger partial charge in [-0.1, -0.05) is 0 Å². The summed E-state index contributed by atoms with van der Waals surface area (Å²) in [5, 5.41) is 3.04. The van der Waals surface area contributed by atoms with Gasteiger partial charge in [-0.25, -0.2) is 19.3 Å². The molecule has 0 saturated carbocycles. The molecular weight excluding hydrogens is 349 g/mol. The van der Waals surface area contributed by atoms with Crippen molar-refractivity contribution in [2.75, 3.05) is 42.3 Å². The molecule has 0 aliphatic carbocycles. The molecule has 0 bridgehead atoms. The van der Waals surface area contributed by atoms with Crippen LogP contribution in [0.3, 0.4) is 0 Å². The molecule has 4 heterocycles. The lowest BCUT2D eigenvalue weighted by Gasteiger charge is -2.27. The summed E-state index contributed by atoms with van der Waals surface area (Å²) >= 11 is 0. The van der Waals surface area contributed by atoms with Crippen LogP contribution >= 0.6 is 0 Å². The average Bonchev–Trinajstić information content (AvgIpc) is 2.69. The Morgan fingerprint density at radius 3 is 2.63 bits per heavy atom. The van der Waals surface area contributed by atoms with E-state index in [1.54, 1.807) is 18.3 Å². The Kier molecular flexibility index (Phi) is 4.75. The lowest BCUT2D eigenvalue weighted by atomic mass is 10.2. The molecule has 0 atom stereocenters. The van der Waals surface area contributed by atoms with Gasteiger partial charge in [-0.2, -0.15) is 4.98 Å². The Morgan fingerprint density at radius 2 is 1.89 bits per heavy atom. The normalized spacial score (nSPS) is 14.2. The van der Waals surface area contributed by atoms with E-state index in [-0.39, 0.29) is 5.82 Å². The largest absolute Gasteiger partial charge is 0.384 e. The first kappa shape index (κ1) is 17.1. The number of hydrogen-bond donors (Lipinski definition) is 2. The molecular formula is C18H18FN7O. The Labute approximate surface area is 155 Å². The van der Waals surface area contributed by atoms with Gasteiger partial charge in [-0.15, -0.1) is 0 Å². The SMILES string of the molecule is Nc1ccc(-c2cc(Nc3cc(F)ccn3)nc(N3CCOCC3)n2)cn1. The molecule has 138 valence electrons. The predicted octanol–water partition coefficient (Wildman–Crippen LogP) is 2.24. The fourth-order valence-electron chi connectivity index (χ4n) is 2.71. The molecule has 3 aromatic rings. The minimum Gasteiger partial charge on any atom is -0.384 e. The van der Waals surface area contributed by atoms with Crippen molar-refractivity contribution >= 4 is 23.4 Å². The predicted molar refractivity (Wildman–Crippen MR) is 100 cm³/mol. The third-order valence-corrected chi connectivity index (χ3v) is 4.07. The number of nitrogens with one attached hydrogen (secondary N) is 1. The summed E-state index contributed by atoms with van der Waals surface area (Å²) < 4.78 is 18.9. The van der Waals surface area contributed by atoms with E-state index in [9.17, 15) is 4.39 Å². The standard InChI is InChI=1S/C18H18FN7O/c19-13-3-4-21-16(9-13)24-17-10-14(12-1-2-15(20)22-11-12)23-18(25-17)26-5-7-27-8-6-26/h1-4,9-11H,5-8H2,(H2,20,22)(H,21,23,24,25). The number of pyridine rings is 2. The van der Waals surface area contributed by atoms with E-state index in [0.717, 1.165) is 5.56 Å². The van der Waals surface area contributed by atoms with Crippen LogP contribution in [0.25, 0.3) is 11.3 Å². The van der Waals surface area contributed by atoms with Crippen LogP contribution in [0.4, 0.5) is 27.8 Å². The summed E-state index contributed by atoms with van der Waals surface area (Å²) in [5.74, 6) is 1.49. The molecule has 0 unspecified atom stereocenters. The Bertz CT molecular complexity index is 929. The number of nitrogens with zero attached hydrogens (tertiary/aromatic N) is 5. The van der Waals surface area contributed by atoms with Crippen LogP contribution in [0, 0.1) is 5.82 Å². The molecule has 3 N–H and O–H groups in total. The first-order chi connectivity index (χ1) is 13.2. The van der Waals surface area contributed by atoms with E-state index in [2.05, 4.69) is 25.3 Å². The van der Waals surface area contributed by atoms with Crippen molar-refractivity contribution in [2.45, 2.75) is 0 Å². The summed E-state index contributed by atoms with van der Waals surface area (Å²) in [5.41, 5.74) is 7.16. The van der Waals surface area contributed by atoms with Gasteiger partial charge in [-0.05, 0) is 18.2 Å². The maximum Gasteiger partial charge on any atom is 0.228 e. The minimum atomic E-state index is -0.377. The van der Waals surface area contributed by atoms with Crippen LogP contribution in [0.2, 0.25) is 0 Å². The summed E-state index contributed by atoms with van der Waals surface area (Å²) in [7, 11) is 0. The van der Waals surface area contributed by atoms with Crippen LogP contribution in [0.5, 0.6) is 0 Å². The van der Waals surface area contributed by atoms with Crippen LogP contribution in [0.15, 0.2) is 42.7 Å². The molecule has 1 aliphatic rings. The van der Waals surface area contributed by atoms with Crippen LogP contribution in [-0.2, 0) is 4.74 Å². The number of hydrogen-bond acceptors (Lipinski definition) is 8. The third kappa shape index (κ3) is 4.09. The molecule has 1 saturated heterocycles. The van der Waals surface area contributed by atoms with Crippen molar-refractivity contribution in [1.29, 1.82) is 0 Å². The highest BCUT2D eigenvalue weighted by atomic mass is 19.1. The van der Waals surface area contributed by atoms with Crippen molar-refractivity contribution in [1.82, 2.24) is 19.9 Å². The van der Waals surface area contributed by atoms with Crippen molar-refractivity contribution in [2.24, 2.45) is 0 Å². The van der Waals surface area contributed by atoms with Gasteiger partial charge in [0.25, 0.3) is 0 Å². The quantitative estimate of drug-likeness (QED) is 0.724. The topological polar surface area (TPSA) is 102 Å². The number of ether oxygens (including phenoxy) is 1. The summed E-state index contributed by atoms with van der Waals surface area (Å²) in [6.07, 6.45) is 3.05. The van der Waals surface area contributed by atoms with Gasteiger partial charge in [0.2, 0.25) is 5.95 Å². The molecule has 3 aromatic heterocycles. The number of rotatable bonds is 4. The maximum absolute atomic E-state index is 13.5. The average molecular weight is 367 g/mol. The van der Waals surface area contributed by atoms with E-state index in [1.807, 2.05) is 11.0 Å². The molecule has 0 radical (unpaired) electrons. The Balaban J connectivity index is 1.72. The summed E-state index contributed by atoms with van der Waals surface area (Å²) in [4.78, 5) is 19.5. The van der Waals surface area contributed by atoms with Crippen molar-refractivity contribution in [3.05, 3.63) is 48.5 Å². The number of halogens is 1. The Morgan fingerprint density at radius 1 is 1.04 bits per heavy atom. The maximum atomic E-state index is 13.5. The van der Waals surface area contributed by atoms with Crippen molar-refractivity contribution in [3.8, 4) is 11.3 Å². The second kappa shape index (κ2) is 7.50. The number of nitrogens with two attached hydrogens (primary N) is 1. The molecule has 0 aromatic carbocycles. The second-order valence-corrected chi connectivity index (χ2v) is 5.99. The van der Waals surface area contributed by atoms with Gasteiger partial charge < -0.3 is 20.7 Å². The molecule has 9 heteroatoms. The second-order valence-electron chi connectivity index (χ2n) is 5.99. The monoisotopic (exact) mass is 367 g/mol. The molecule has 1 aliphatic heterocycles. The minimum absolute atomic E-state index is 0.364. The number of anilines is 4. The van der Waals surface area contributed by atoms with Crippen molar-refractivity contribution < 1.29 is 9.13 Å². The van der Waals surface area contributed by atoms with E-state index in [0.29, 0.717) is 55.4 Å². The van der Waals surface area contributed by atoms with Gasteiger partial charge in [0.05, 0.1) is 18.9 Å². The number of nitrogen functional groups attached to an aromatic ring is 1. The zero-order chi connectivity index (χ0) is 18.6. The van der Waals surface area contributed by atoms with Crippen LogP contribution in [-0.4, -0.2) is 46.2 Å². The van der Waals surface area contributed by atoms with E-state index in [4.69, 9.17) is 10.5 Å². The van der Waals surface area contributed by atoms with Gasteiger partial charge in [0, 0.05) is 43.2 Å². The zero-order valence-corrected chi connectivity index (χ0v) is 14.5. The highest BCUT2D eigenvalue weighted by Gasteiger charge is 2.17. The third-order valence-electron chi connectivity index (χ3n) is 4.07. The number of aromatic nitrogens is 4. The highest BCUT2D eigenvalue weighted by molar-refractivity contribution is 5.66. The smallest absolute Gasteiger partial charge is 0.228 e. The molecule has 1 fully saturated rings. The lowest BCUT2D eigenvalue weighted by Crippen LogP contribution is -2.37. The van der Waals surface area contributed by atoms with Crippen LogP contribution in [0.1, 0.15) is 0 Å². The van der Waals surface area contributed by atoms with Crippen LogP contribution < -0.4 is 16.0 Å². The van der Waals surface area contributed by atoms with Gasteiger partial charge in [0.15, 0.2) is 0 Å². The Hall–Kier alpha value is -3.33. The molecule has 27 heavy (non-hydrogen) atoms. The first-order valence-corrected chi connectivity index (χ1v) is 8.50. The van der Waals surface area contributed by atoms with E-state index >= 15 is 0 Å². The fourth-order valence-corrected chi connectivity index (χ4v) is 2.71. The zero-order valence-electron chi connectivity index (χ0n) is 14.5. The summed E-state index contributed by atoms with van der Waals surface area (Å²) in [6.45, 7) is 2.62.